The number of likely N-dealkylation sites (tertiary alicyclic amines) is 1. The lowest BCUT2D eigenvalue weighted by atomic mass is 9.98. The minimum absolute atomic E-state index is 0.0269. The van der Waals surface area contributed by atoms with Crippen LogP contribution in [0.5, 0.6) is 0 Å². The van der Waals surface area contributed by atoms with E-state index >= 15 is 0 Å². The fraction of sp³-hybridized carbons (Fsp3) is 0.533. The molecule has 20 heavy (non-hydrogen) atoms. The molecule has 1 atom stereocenters. The Morgan fingerprint density at radius 1 is 1.65 bits per heavy atom. The Balaban J connectivity index is 1.95. The van der Waals surface area contributed by atoms with Crippen molar-refractivity contribution in [2.75, 3.05) is 19.7 Å². The molecule has 1 fully saturated rings. The average Bonchev–Trinajstić information content (AvgIpc) is 2.48. The van der Waals surface area contributed by atoms with Crippen LogP contribution in [0.4, 0.5) is 0 Å². The molecule has 0 saturated carbocycles. The van der Waals surface area contributed by atoms with Gasteiger partial charge in [0.15, 0.2) is 0 Å². The molecule has 106 valence electrons. The Bertz CT molecular complexity index is 510. The van der Waals surface area contributed by atoms with Crippen LogP contribution in [0.3, 0.4) is 0 Å². The fourth-order valence-corrected chi connectivity index (χ4v) is 2.54. The van der Waals surface area contributed by atoms with Gasteiger partial charge in [0.25, 0.3) is 0 Å². The first-order valence-electron chi connectivity index (χ1n) is 6.97. The predicted molar refractivity (Wildman–Crippen MR) is 73.6 cm³/mol. The molecule has 2 rings (SSSR count). The molecule has 0 spiro atoms. The zero-order valence-electron chi connectivity index (χ0n) is 11.7. The Morgan fingerprint density at radius 2 is 2.50 bits per heavy atom. The number of piperidine rings is 1. The minimum atomic E-state index is -0.0929. The SMILES string of the molecule is CCOC(=O)[C@@H]1CCCN(Cc2ccnc(C#N)c2)C1. The van der Waals surface area contributed by atoms with Crippen molar-refractivity contribution in [2.24, 2.45) is 5.92 Å². The maximum atomic E-state index is 11.8. The van der Waals surface area contributed by atoms with Crippen LogP contribution in [0.1, 0.15) is 31.0 Å². The molecule has 0 bridgehead atoms. The Morgan fingerprint density at radius 3 is 3.25 bits per heavy atom. The summed E-state index contributed by atoms with van der Waals surface area (Å²) >= 11 is 0. The summed E-state index contributed by atoms with van der Waals surface area (Å²) in [6.07, 6.45) is 3.55. The van der Waals surface area contributed by atoms with Crippen LogP contribution >= 0.6 is 0 Å². The lowest BCUT2D eigenvalue weighted by Crippen LogP contribution is -2.38. The monoisotopic (exact) mass is 273 g/mol. The summed E-state index contributed by atoms with van der Waals surface area (Å²) in [6.45, 7) is 4.71. The van der Waals surface area contributed by atoms with Crippen molar-refractivity contribution in [1.29, 1.82) is 5.26 Å². The Hall–Kier alpha value is -1.93. The predicted octanol–water partition coefficient (Wildman–Crippen LogP) is 1.73. The van der Waals surface area contributed by atoms with Gasteiger partial charge >= 0.3 is 5.97 Å². The van der Waals surface area contributed by atoms with E-state index in [0.29, 0.717) is 12.3 Å². The van der Waals surface area contributed by atoms with Gasteiger partial charge in [0.1, 0.15) is 11.8 Å². The number of nitriles is 1. The standard InChI is InChI=1S/C15H19N3O2/c1-2-20-15(19)13-4-3-7-18(11-13)10-12-5-6-17-14(8-12)9-16/h5-6,8,13H,2-4,7,10-11H2,1H3/t13-/m1/s1. The van der Waals surface area contributed by atoms with E-state index in [-0.39, 0.29) is 11.9 Å². The van der Waals surface area contributed by atoms with Gasteiger partial charge in [0.05, 0.1) is 12.5 Å². The summed E-state index contributed by atoms with van der Waals surface area (Å²) in [7, 11) is 0. The number of carbonyl (C=O) groups excluding carboxylic acids is 1. The number of hydrogen-bond donors (Lipinski definition) is 0. The van der Waals surface area contributed by atoms with Crippen molar-refractivity contribution in [3.8, 4) is 6.07 Å². The molecular formula is C15H19N3O2. The van der Waals surface area contributed by atoms with E-state index in [9.17, 15) is 4.79 Å². The van der Waals surface area contributed by atoms with E-state index in [0.717, 1.165) is 38.0 Å². The van der Waals surface area contributed by atoms with Crippen LogP contribution in [-0.2, 0) is 16.1 Å². The van der Waals surface area contributed by atoms with E-state index in [1.54, 1.807) is 12.3 Å². The Labute approximate surface area is 119 Å². The normalized spacial score (nSPS) is 19.3. The van der Waals surface area contributed by atoms with Gasteiger partial charge < -0.3 is 4.74 Å². The van der Waals surface area contributed by atoms with Gasteiger partial charge in [-0.15, -0.1) is 0 Å². The summed E-state index contributed by atoms with van der Waals surface area (Å²) in [5, 5.41) is 8.85. The van der Waals surface area contributed by atoms with E-state index in [2.05, 4.69) is 9.88 Å². The summed E-state index contributed by atoms with van der Waals surface area (Å²) in [4.78, 5) is 18.0. The van der Waals surface area contributed by atoms with Crippen molar-refractivity contribution >= 4 is 5.97 Å². The van der Waals surface area contributed by atoms with Gasteiger partial charge in [-0.1, -0.05) is 0 Å². The molecule has 1 aromatic rings. The minimum Gasteiger partial charge on any atom is -0.466 e. The lowest BCUT2D eigenvalue weighted by molar-refractivity contribution is -0.150. The van der Waals surface area contributed by atoms with E-state index in [1.165, 1.54) is 0 Å². The zero-order chi connectivity index (χ0) is 14.4. The molecular weight excluding hydrogens is 254 g/mol. The number of nitrogens with zero attached hydrogens (tertiary/aromatic N) is 3. The van der Waals surface area contributed by atoms with Gasteiger partial charge in [0.2, 0.25) is 0 Å². The van der Waals surface area contributed by atoms with Crippen LogP contribution in [0, 0.1) is 17.2 Å². The molecule has 0 radical (unpaired) electrons. The number of ether oxygens (including phenoxy) is 1. The van der Waals surface area contributed by atoms with Gasteiger partial charge in [-0.3, -0.25) is 9.69 Å². The summed E-state index contributed by atoms with van der Waals surface area (Å²) in [5.74, 6) is -0.120. The van der Waals surface area contributed by atoms with Crippen LogP contribution in [0.2, 0.25) is 0 Å². The second kappa shape index (κ2) is 7.01. The molecule has 5 heteroatoms. The van der Waals surface area contributed by atoms with Crippen molar-refractivity contribution in [3.63, 3.8) is 0 Å². The van der Waals surface area contributed by atoms with E-state index in [1.807, 2.05) is 19.1 Å². The number of pyridine rings is 1. The van der Waals surface area contributed by atoms with E-state index in [4.69, 9.17) is 10.00 Å². The highest BCUT2D eigenvalue weighted by Crippen LogP contribution is 2.19. The number of aromatic nitrogens is 1. The van der Waals surface area contributed by atoms with Crippen LogP contribution in [0.25, 0.3) is 0 Å². The lowest BCUT2D eigenvalue weighted by Gasteiger charge is -2.31. The van der Waals surface area contributed by atoms with Crippen molar-refractivity contribution in [3.05, 3.63) is 29.6 Å². The van der Waals surface area contributed by atoms with Gasteiger partial charge in [-0.05, 0) is 44.0 Å². The molecule has 0 amide bonds. The number of esters is 1. The first kappa shape index (κ1) is 14.5. The largest absolute Gasteiger partial charge is 0.466 e. The second-order valence-corrected chi connectivity index (χ2v) is 4.99. The smallest absolute Gasteiger partial charge is 0.310 e. The molecule has 0 unspecified atom stereocenters. The van der Waals surface area contributed by atoms with Crippen LogP contribution < -0.4 is 0 Å². The number of rotatable bonds is 4. The molecule has 2 heterocycles. The maximum absolute atomic E-state index is 11.8. The zero-order valence-corrected chi connectivity index (χ0v) is 11.7. The molecule has 0 aliphatic carbocycles. The summed E-state index contributed by atoms with van der Waals surface area (Å²) in [5.41, 5.74) is 1.49. The Kier molecular flexibility index (Phi) is 5.08. The highest BCUT2D eigenvalue weighted by atomic mass is 16.5. The number of hydrogen-bond acceptors (Lipinski definition) is 5. The van der Waals surface area contributed by atoms with Crippen LogP contribution in [-0.4, -0.2) is 35.5 Å². The molecule has 0 aromatic carbocycles. The molecule has 5 nitrogen and oxygen atoms in total. The summed E-state index contributed by atoms with van der Waals surface area (Å²) in [6, 6.07) is 5.76. The number of carbonyl (C=O) groups is 1. The third-order valence-electron chi connectivity index (χ3n) is 3.47. The summed E-state index contributed by atoms with van der Waals surface area (Å²) < 4.78 is 5.10. The topological polar surface area (TPSA) is 66.2 Å². The highest BCUT2D eigenvalue weighted by Gasteiger charge is 2.26. The van der Waals surface area contributed by atoms with Gasteiger partial charge in [-0.2, -0.15) is 5.26 Å². The average molecular weight is 273 g/mol. The molecule has 1 aliphatic rings. The van der Waals surface area contributed by atoms with E-state index < -0.39 is 0 Å². The highest BCUT2D eigenvalue weighted by molar-refractivity contribution is 5.72. The molecule has 0 N–H and O–H groups in total. The molecule has 1 aliphatic heterocycles. The first-order valence-corrected chi connectivity index (χ1v) is 6.97. The molecule has 1 saturated heterocycles. The van der Waals surface area contributed by atoms with Gasteiger partial charge in [-0.25, -0.2) is 4.98 Å². The van der Waals surface area contributed by atoms with Crippen LogP contribution in [0.15, 0.2) is 18.3 Å². The first-order chi connectivity index (χ1) is 9.72. The molecule has 1 aromatic heterocycles. The van der Waals surface area contributed by atoms with Crippen molar-refractivity contribution < 1.29 is 9.53 Å². The van der Waals surface area contributed by atoms with Crippen molar-refractivity contribution in [1.82, 2.24) is 9.88 Å². The van der Waals surface area contributed by atoms with Gasteiger partial charge in [0, 0.05) is 19.3 Å². The maximum Gasteiger partial charge on any atom is 0.310 e. The fourth-order valence-electron chi connectivity index (χ4n) is 2.54. The second-order valence-electron chi connectivity index (χ2n) is 4.99. The third kappa shape index (κ3) is 3.78. The quantitative estimate of drug-likeness (QED) is 0.782. The van der Waals surface area contributed by atoms with Crippen molar-refractivity contribution in [2.45, 2.75) is 26.3 Å². The third-order valence-corrected chi connectivity index (χ3v) is 3.47.